The predicted octanol–water partition coefficient (Wildman–Crippen LogP) is 2.37. The van der Waals surface area contributed by atoms with Crippen molar-refractivity contribution in [2.24, 2.45) is 0 Å². The van der Waals surface area contributed by atoms with E-state index in [4.69, 9.17) is 9.84 Å². The molecule has 2 N–H and O–H groups in total. The fourth-order valence-corrected chi connectivity index (χ4v) is 2.25. The van der Waals surface area contributed by atoms with Gasteiger partial charge in [-0.1, -0.05) is 18.2 Å². The number of carbonyl (C=O) groups is 1. The standard InChI is InChI=1S/C17H22N2O3/c1-13(2)19-9-5-7-15(19)17(21)18-12-14-6-3-4-8-16(14)22-11-10-20/h3-9,13,20H,10-12H2,1-2H3,(H,18,21). The van der Waals surface area contributed by atoms with Gasteiger partial charge in [-0.3, -0.25) is 4.79 Å². The van der Waals surface area contributed by atoms with Crippen LogP contribution < -0.4 is 10.1 Å². The van der Waals surface area contributed by atoms with E-state index in [0.29, 0.717) is 18.0 Å². The van der Waals surface area contributed by atoms with Gasteiger partial charge in [-0.15, -0.1) is 0 Å². The van der Waals surface area contributed by atoms with Crippen LogP contribution in [0.4, 0.5) is 0 Å². The molecule has 0 aliphatic carbocycles. The SMILES string of the molecule is CC(C)n1cccc1C(=O)NCc1ccccc1OCCO. The van der Waals surface area contributed by atoms with Crippen LogP contribution in [0.25, 0.3) is 0 Å². The summed E-state index contributed by atoms with van der Waals surface area (Å²) in [5.74, 6) is 0.562. The van der Waals surface area contributed by atoms with Crippen molar-refractivity contribution in [3.8, 4) is 5.75 Å². The quantitative estimate of drug-likeness (QED) is 0.825. The van der Waals surface area contributed by atoms with Crippen LogP contribution >= 0.6 is 0 Å². The van der Waals surface area contributed by atoms with E-state index >= 15 is 0 Å². The van der Waals surface area contributed by atoms with Crippen molar-refractivity contribution in [1.29, 1.82) is 0 Å². The molecule has 0 bridgehead atoms. The van der Waals surface area contributed by atoms with Crippen LogP contribution in [0.1, 0.15) is 35.9 Å². The zero-order valence-electron chi connectivity index (χ0n) is 13.0. The van der Waals surface area contributed by atoms with Gasteiger partial charge in [-0.05, 0) is 32.0 Å². The molecule has 0 fully saturated rings. The Morgan fingerprint density at radius 2 is 2.05 bits per heavy atom. The van der Waals surface area contributed by atoms with Crippen molar-refractivity contribution < 1.29 is 14.6 Å². The molecular formula is C17H22N2O3. The molecule has 118 valence electrons. The molecule has 0 spiro atoms. The smallest absolute Gasteiger partial charge is 0.268 e. The van der Waals surface area contributed by atoms with E-state index < -0.39 is 0 Å². The minimum absolute atomic E-state index is 0.0391. The van der Waals surface area contributed by atoms with E-state index in [9.17, 15) is 4.79 Å². The van der Waals surface area contributed by atoms with Crippen molar-refractivity contribution in [2.45, 2.75) is 26.4 Å². The number of hydrogen-bond acceptors (Lipinski definition) is 3. The van der Waals surface area contributed by atoms with E-state index in [1.807, 2.05) is 61.0 Å². The third-order valence-corrected chi connectivity index (χ3v) is 3.33. The Labute approximate surface area is 130 Å². The Balaban J connectivity index is 2.03. The van der Waals surface area contributed by atoms with Gasteiger partial charge in [0.2, 0.25) is 0 Å². The summed E-state index contributed by atoms with van der Waals surface area (Å²) in [6, 6.07) is 11.4. The number of rotatable bonds is 7. The molecule has 0 saturated heterocycles. The first-order chi connectivity index (χ1) is 10.6. The van der Waals surface area contributed by atoms with Gasteiger partial charge in [0.25, 0.3) is 5.91 Å². The van der Waals surface area contributed by atoms with E-state index in [-0.39, 0.29) is 25.2 Å². The topological polar surface area (TPSA) is 63.5 Å². The molecule has 0 aliphatic rings. The molecule has 2 aromatic rings. The minimum atomic E-state index is -0.115. The van der Waals surface area contributed by atoms with Gasteiger partial charge in [0.15, 0.2) is 0 Å². The third-order valence-electron chi connectivity index (χ3n) is 3.33. The lowest BCUT2D eigenvalue weighted by molar-refractivity contribution is 0.0939. The lowest BCUT2D eigenvalue weighted by Gasteiger charge is -2.14. The van der Waals surface area contributed by atoms with Crippen LogP contribution in [-0.4, -0.2) is 28.8 Å². The zero-order valence-corrected chi connectivity index (χ0v) is 13.0. The summed E-state index contributed by atoms with van der Waals surface area (Å²) in [4.78, 5) is 12.3. The summed E-state index contributed by atoms with van der Waals surface area (Å²) >= 11 is 0. The van der Waals surface area contributed by atoms with Crippen LogP contribution in [0.15, 0.2) is 42.6 Å². The summed E-state index contributed by atoms with van der Waals surface area (Å²) < 4.78 is 7.40. The number of para-hydroxylation sites is 1. The summed E-state index contributed by atoms with van der Waals surface area (Å²) in [6.45, 7) is 4.65. The molecule has 5 nitrogen and oxygen atoms in total. The summed E-state index contributed by atoms with van der Waals surface area (Å²) in [6.07, 6.45) is 1.90. The number of aliphatic hydroxyl groups excluding tert-OH is 1. The van der Waals surface area contributed by atoms with Gasteiger partial charge in [0, 0.05) is 24.3 Å². The second-order valence-electron chi connectivity index (χ2n) is 5.26. The Hall–Kier alpha value is -2.27. The first-order valence-electron chi connectivity index (χ1n) is 7.40. The largest absolute Gasteiger partial charge is 0.491 e. The maximum absolute atomic E-state index is 12.3. The monoisotopic (exact) mass is 302 g/mol. The molecule has 2 rings (SSSR count). The number of hydrogen-bond donors (Lipinski definition) is 2. The Morgan fingerprint density at radius 3 is 2.77 bits per heavy atom. The molecule has 0 unspecified atom stereocenters. The van der Waals surface area contributed by atoms with Gasteiger partial charge in [-0.25, -0.2) is 0 Å². The number of ether oxygens (including phenoxy) is 1. The summed E-state index contributed by atoms with van der Waals surface area (Å²) in [5.41, 5.74) is 1.52. The number of aromatic nitrogens is 1. The molecule has 1 amide bonds. The van der Waals surface area contributed by atoms with E-state index in [0.717, 1.165) is 5.56 Å². The van der Waals surface area contributed by atoms with Gasteiger partial charge in [0.05, 0.1) is 6.61 Å². The van der Waals surface area contributed by atoms with Gasteiger partial charge >= 0.3 is 0 Å². The normalized spacial score (nSPS) is 10.7. The first-order valence-corrected chi connectivity index (χ1v) is 7.40. The number of carbonyl (C=O) groups excluding carboxylic acids is 1. The van der Waals surface area contributed by atoms with Crippen molar-refractivity contribution >= 4 is 5.91 Å². The molecular weight excluding hydrogens is 280 g/mol. The number of aliphatic hydroxyl groups is 1. The predicted molar refractivity (Wildman–Crippen MR) is 85.0 cm³/mol. The second-order valence-corrected chi connectivity index (χ2v) is 5.26. The summed E-state index contributed by atoms with van der Waals surface area (Å²) in [7, 11) is 0. The highest BCUT2D eigenvalue weighted by Crippen LogP contribution is 2.18. The lowest BCUT2D eigenvalue weighted by Crippen LogP contribution is -2.26. The number of amides is 1. The van der Waals surface area contributed by atoms with Crippen LogP contribution in [-0.2, 0) is 6.54 Å². The second kappa shape index (κ2) is 7.66. The van der Waals surface area contributed by atoms with Crippen molar-refractivity contribution in [2.75, 3.05) is 13.2 Å². The fourth-order valence-electron chi connectivity index (χ4n) is 2.25. The molecule has 1 aromatic carbocycles. The van der Waals surface area contributed by atoms with Crippen molar-refractivity contribution in [3.63, 3.8) is 0 Å². The lowest BCUT2D eigenvalue weighted by atomic mass is 10.2. The van der Waals surface area contributed by atoms with Crippen LogP contribution in [0.3, 0.4) is 0 Å². The van der Waals surface area contributed by atoms with E-state index in [2.05, 4.69) is 5.32 Å². The van der Waals surface area contributed by atoms with Crippen molar-refractivity contribution in [1.82, 2.24) is 9.88 Å². The van der Waals surface area contributed by atoms with Crippen LogP contribution in [0, 0.1) is 0 Å². The van der Waals surface area contributed by atoms with E-state index in [1.165, 1.54) is 0 Å². The molecule has 0 aliphatic heterocycles. The average Bonchev–Trinajstić information content (AvgIpc) is 3.01. The molecule has 0 saturated carbocycles. The number of benzene rings is 1. The third kappa shape index (κ3) is 3.89. The fraction of sp³-hybridized carbons (Fsp3) is 0.353. The Morgan fingerprint density at radius 1 is 1.27 bits per heavy atom. The number of nitrogens with one attached hydrogen (secondary N) is 1. The van der Waals surface area contributed by atoms with Gasteiger partial charge in [-0.2, -0.15) is 0 Å². The molecule has 5 heteroatoms. The highest BCUT2D eigenvalue weighted by molar-refractivity contribution is 5.92. The van der Waals surface area contributed by atoms with Crippen LogP contribution in [0.5, 0.6) is 5.75 Å². The van der Waals surface area contributed by atoms with Crippen LogP contribution in [0.2, 0.25) is 0 Å². The molecule has 0 atom stereocenters. The van der Waals surface area contributed by atoms with E-state index in [1.54, 1.807) is 0 Å². The molecule has 22 heavy (non-hydrogen) atoms. The average molecular weight is 302 g/mol. The summed E-state index contributed by atoms with van der Waals surface area (Å²) in [5, 5.41) is 11.8. The molecule has 1 aromatic heterocycles. The Bertz CT molecular complexity index is 620. The molecule has 0 radical (unpaired) electrons. The van der Waals surface area contributed by atoms with Crippen molar-refractivity contribution in [3.05, 3.63) is 53.9 Å². The Kier molecular flexibility index (Phi) is 5.61. The maximum Gasteiger partial charge on any atom is 0.268 e. The van der Waals surface area contributed by atoms with Gasteiger partial charge in [0.1, 0.15) is 18.1 Å². The minimum Gasteiger partial charge on any atom is -0.491 e. The first kappa shape index (κ1) is 16.1. The zero-order chi connectivity index (χ0) is 15.9. The van der Waals surface area contributed by atoms with Gasteiger partial charge < -0.3 is 19.7 Å². The molecule has 1 heterocycles. The number of nitrogens with zero attached hydrogens (tertiary/aromatic N) is 1. The highest BCUT2D eigenvalue weighted by atomic mass is 16.5. The maximum atomic E-state index is 12.3. The highest BCUT2D eigenvalue weighted by Gasteiger charge is 2.13.